The number of likely N-dealkylation sites (N-methyl/N-ethyl adjacent to an activating group) is 1. The smallest absolute Gasteiger partial charge is 0.303 e. The molecule has 0 aliphatic carbocycles. The lowest BCUT2D eigenvalue weighted by atomic mass is 10.1. The minimum Gasteiger partial charge on any atom is -0.497 e. The van der Waals surface area contributed by atoms with Crippen LogP contribution in [0.25, 0.3) is 0 Å². The van der Waals surface area contributed by atoms with Crippen LogP contribution in [0.4, 0.5) is 5.69 Å². The van der Waals surface area contributed by atoms with Gasteiger partial charge in [-0.2, -0.15) is 0 Å². The lowest BCUT2D eigenvalue weighted by Gasteiger charge is -2.28. The molecule has 2 aromatic carbocycles. The van der Waals surface area contributed by atoms with Gasteiger partial charge < -0.3 is 19.3 Å². The van der Waals surface area contributed by atoms with Gasteiger partial charge in [-0.3, -0.25) is 9.59 Å². The first-order chi connectivity index (χ1) is 14.7. The molecule has 0 spiro atoms. The maximum absolute atomic E-state index is 13.8. The van der Waals surface area contributed by atoms with E-state index in [1.54, 1.807) is 42.5 Å². The van der Waals surface area contributed by atoms with Crippen molar-refractivity contribution >= 4 is 27.4 Å². The number of carbonyl (C=O) groups excluding carboxylic acids is 2. The van der Waals surface area contributed by atoms with Crippen molar-refractivity contribution in [3.8, 4) is 5.75 Å². The Morgan fingerprint density at radius 2 is 1.74 bits per heavy atom. The predicted octanol–water partition coefficient (Wildman–Crippen LogP) is 2.05. The topological polar surface area (TPSA) is 93.2 Å². The van der Waals surface area contributed by atoms with E-state index < -0.39 is 33.1 Å². The molecule has 0 N–H and O–H groups in total. The Bertz CT molecular complexity index is 1070. The zero-order valence-corrected chi connectivity index (χ0v) is 18.8. The van der Waals surface area contributed by atoms with E-state index in [9.17, 15) is 18.0 Å². The summed E-state index contributed by atoms with van der Waals surface area (Å²) in [5, 5.41) is -1.39. The average molecular weight is 447 g/mol. The zero-order chi connectivity index (χ0) is 22.8. The first-order valence-corrected chi connectivity index (χ1v) is 11.3. The van der Waals surface area contributed by atoms with Crippen LogP contribution in [-0.2, 0) is 24.2 Å². The number of ether oxygens (including phenoxy) is 2. The number of fused-ring (bicyclic) bond motifs is 1. The number of methoxy groups -OCH3 is 1. The van der Waals surface area contributed by atoms with E-state index in [2.05, 4.69) is 0 Å². The SMILES string of the molecule is COc1ccc([C@H]2[C@@H](OC(C)=O)C(=O)N(CCN(C)C)c3ccccc3S2(=O)=O)cc1. The highest BCUT2D eigenvalue weighted by molar-refractivity contribution is 7.92. The van der Waals surface area contributed by atoms with Crippen LogP contribution in [0.3, 0.4) is 0 Å². The molecule has 0 bridgehead atoms. The molecule has 9 heteroatoms. The van der Waals surface area contributed by atoms with Crippen molar-refractivity contribution in [2.45, 2.75) is 23.2 Å². The maximum Gasteiger partial charge on any atom is 0.303 e. The van der Waals surface area contributed by atoms with E-state index in [-0.39, 0.29) is 17.1 Å². The Balaban J connectivity index is 2.23. The largest absolute Gasteiger partial charge is 0.497 e. The van der Waals surface area contributed by atoms with Gasteiger partial charge in [0.2, 0.25) is 6.10 Å². The second-order valence-corrected chi connectivity index (χ2v) is 9.57. The summed E-state index contributed by atoms with van der Waals surface area (Å²) in [6.07, 6.45) is -1.52. The number of hydrogen-bond acceptors (Lipinski definition) is 7. The van der Waals surface area contributed by atoms with Crippen LogP contribution >= 0.6 is 0 Å². The van der Waals surface area contributed by atoms with Gasteiger partial charge in [0.05, 0.1) is 17.7 Å². The van der Waals surface area contributed by atoms with Crippen LogP contribution in [0.1, 0.15) is 17.7 Å². The van der Waals surface area contributed by atoms with Gasteiger partial charge in [0.25, 0.3) is 5.91 Å². The third-order valence-corrected chi connectivity index (χ3v) is 7.24. The lowest BCUT2D eigenvalue weighted by molar-refractivity contribution is -0.153. The number of anilines is 1. The van der Waals surface area contributed by atoms with Gasteiger partial charge in [0.15, 0.2) is 9.84 Å². The molecule has 1 heterocycles. The minimum atomic E-state index is -4.09. The fourth-order valence-electron chi connectivity index (χ4n) is 3.59. The number of carbonyl (C=O) groups is 2. The van der Waals surface area contributed by atoms with Gasteiger partial charge in [0, 0.05) is 20.0 Å². The molecule has 3 rings (SSSR count). The molecule has 2 aromatic rings. The number of sulfone groups is 1. The number of nitrogens with zero attached hydrogens (tertiary/aromatic N) is 2. The first kappa shape index (κ1) is 22.8. The molecule has 0 aromatic heterocycles. The highest BCUT2D eigenvalue weighted by Gasteiger charge is 2.48. The molecule has 8 nitrogen and oxygen atoms in total. The fraction of sp³-hybridized carbons (Fsp3) is 0.364. The summed E-state index contributed by atoms with van der Waals surface area (Å²) in [6.45, 7) is 1.90. The normalized spacial score (nSPS) is 20.2. The fourth-order valence-corrected chi connectivity index (χ4v) is 5.62. The van der Waals surface area contributed by atoms with E-state index >= 15 is 0 Å². The molecule has 0 saturated heterocycles. The molecule has 1 aliphatic rings. The predicted molar refractivity (Wildman–Crippen MR) is 116 cm³/mol. The van der Waals surface area contributed by atoms with Gasteiger partial charge in [0.1, 0.15) is 11.0 Å². The van der Waals surface area contributed by atoms with Crippen molar-refractivity contribution in [1.29, 1.82) is 0 Å². The molecule has 31 heavy (non-hydrogen) atoms. The summed E-state index contributed by atoms with van der Waals surface area (Å²) in [7, 11) is 1.13. The molecule has 166 valence electrons. The van der Waals surface area contributed by atoms with Gasteiger partial charge in [-0.1, -0.05) is 24.3 Å². The van der Waals surface area contributed by atoms with Crippen LogP contribution in [0.2, 0.25) is 0 Å². The van der Waals surface area contributed by atoms with Crippen molar-refractivity contribution in [3.05, 3.63) is 54.1 Å². The van der Waals surface area contributed by atoms with Crippen molar-refractivity contribution < 1.29 is 27.5 Å². The van der Waals surface area contributed by atoms with Crippen LogP contribution in [-0.4, -0.2) is 65.6 Å². The summed E-state index contributed by atoms with van der Waals surface area (Å²) >= 11 is 0. The highest BCUT2D eigenvalue weighted by Crippen LogP contribution is 2.42. The van der Waals surface area contributed by atoms with E-state index in [1.807, 2.05) is 19.0 Å². The summed E-state index contributed by atoms with van der Waals surface area (Å²) in [5.74, 6) is -0.768. The second-order valence-electron chi connectivity index (χ2n) is 7.53. The molecule has 1 aliphatic heterocycles. The van der Waals surface area contributed by atoms with Crippen LogP contribution in [0, 0.1) is 0 Å². The maximum atomic E-state index is 13.8. The van der Waals surface area contributed by atoms with E-state index in [0.717, 1.165) is 6.92 Å². The van der Waals surface area contributed by atoms with Crippen molar-refractivity contribution in [1.82, 2.24) is 4.90 Å². The minimum absolute atomic E-state index is 0.0255. The number of benzene rings is 2. The third-order valence-electron chi connectivity index (χ3n) is 5.09. The Morgan fingerprint density at radius 1 is 1.10 bits per heavy atom. The van der Waals surface area contributed by atoms with Gasteiger partial charge >= 0.3 is 5.97 Å². The van der Waals surface area contributed by atoms with Crippen molar-refractivity contribution in [3.63, 3.8) is 0 Å². The average Bonchev–Trinajstić information content (AvgIpc) is 2.79. The van der Waals surface area contributed by atoms with Gasteiger partial charge in [-0.25, -0.2) is 8.42 Å². The molecule has 0 unspecified atom stereocenters. The van der Waals surface area contributed by atoms with E-state index in [4.69, 9.17) is 9.47 Å². The molecule has 0 radical (unpaired) electrons. The molecular weight excluding hydrogens is 420 g/mol. The van der Waals surface area contributed by atoms with Crippen LogP contribution in [0.5, 0.6) is 5.75 Å². The summed E-state index contributed by atoms with van der Waals surface area (Å²) in [5.41, 5.74) is 0.618. The highest BCUT2D eigenvalue weighted by atomic mass is 32.2. The molecule has 2 atom stereocenters. The summed E-state index contributed by atoms with van der Waals surface area (Å²) in [6, 6.07) is 12.7. The number of hydrogen-bond donors (Lipinski definition) is 0. The van der Waals surface area contributed by atoms with Crippen molar-refractivity contribution in [2.24, 2.45) is 0 Å². The van der Waals surface area contributed by atoms with Crippen LogP contribution in [0.15, 0.2) is 53.4 Å². The van der Waals surface area contributed by atoms with E-state index in [1.165, 1.54) is 18.1 Å². The zero-order valence-electron chi connectivity index (χ0n) is 17.9. The Hall–Kier alpha value is -2.91. The lowest BCUT2D eigenvalue weighted by Crippen LogP contribution is -2.46. The number of rotatable bonds is 6. The standard InChI is InChI=1S/C22H26N2O6S/c1-15(25)30-20-21(16-9-11-17(29-4)12-10-16)31(27,28)19-8-6-5-7-18(19)24(22(20)26)14-13-23(2)3/h5-12,20-21H,13-14H2,1-4H3/t20-,21+/m1/s1. The molecule has 0 saturated carbocycles. The van der Waals surface area contributed by atoms with Crippen molar-refractivity contribution in [2.75, 3.05) is 39.2 Å². The summed E-state index contributed by atoms with van der Waals surface area (Å²) in [4.78, 5) is 28.8. The van der Waals surface area contributed by atoms with Gasteiger partial charge in [-0.05, 0) is 43.9 Å². The van der Waals surface area contributed by atoms with E-state index in [0.29, 0.717) is 17.9 Å². The molecule has 1 amide bonds. The summed E-state index contributed by atoms with van der Waals surface area (Å²) < 4.78 is 38.1. The third kappa shape index (κ3) is 4.57. The Labute approximate surface area is 182 Å². The number of para-hydroxylation sites is 1. The molecule has 0 fully saturated rings. The monoisotopic (exact) mass is 446 g/mol. The Morgan fingerprint density at radius 3 is 2.32 bits per heavy atom. The quantitative estimate of drug-likeness (QED) is 0.627. The van der Waals surface area contributed by atoms with Gasteiger partial charge in [-0.15, -0.1) is 0 Å². The number of esters is 1. The first-order valence-electron chi connectivity index (χ1n) is 9.77. The molecular formula is C22H26N2O6S. The van der Waals surface area contributed by atoms with Crippen LogP contribution < -0.4 is 9.64 Å². The Kier molecular flexibility index (Phi) is 6.66. The number of amides is 1. The second kappa shape index (κ2) is 9.07.